The van der Waals surface area contributed by atoms with Crippen LogP contribution >= 0.6 is 0 Å². The van der Waals surface area contributed by atoms with E-state index in [2.05, 4.69) is 9.97 Å². The number of hydrogen-bond donors (Lipinski definition) is 0. The molecule has 0 fully saturated rings. The molecule has 6 nitrogen and oxygen atoms in total. The summed E-state index contributed by atoms with van der Waals surface area (Å²) in [5, 5.41) is 0. The minimum Gasteiger partial charge on any atom is -0.454 e. The maximum absolute atomic E-state index is 12.8. The molecule has 6 heteroatoms. The molecule has 1 aliphatic heterocycles. The maximum Gasteiger partial charge on any atom is 0.258 e. The summed E-state index contributed by atoms with van der Waals surface area (Å²) in [4.78, 5) is 23.5. The van der Waals surface area contributed by atoms with Crippen LogP contribution in [-0.4, -0.2) is 29.7 Å². The van der Waals surface area contributed by atoms with E-state index in [1.54, 1.807) is 36.2 Å². The van der Waals surface area contributed by atoms with Crippen molar-refractivity contribution in [2.75, 3.05) is 18.7 Å². The van der Waals surface area contributed by atoms with E-state index in [1.807, 2.05) is 26.0 Å². The number of aromatic nitrogens is 2. The molecular formula is C19H17N3O3. The topological polar surface area (TPSA) is 64.6 Å². The predicted molar refractivity (Wildman–Crippen MR) is 94.3 cm³/mol. The van der Waals surface area contributed by atoms with Crippen LogP contribution in [-0.2, 0) is 0 Å². The molecule has 1 amide bonds. The highest BCUT2D eigenvalue weighted by Crippen LogP contribution is 2.35. The molecule has 4 rings (SSSR count). The lowest BCUT2D eigenvalue weighted by molar-refractivity contribution is 0.0993. The molecule has 2 aromatic carbocycles. The second-order valence-corrected chi connectivity index (χ2v) is 6.00. The molecule has 0 N–H and O–H groups in total. The van der Waals surface area contributed by atoms with Gasteiger partial charge in [-0.2, -0.15) is 0 Å². The van der Waals surface area contributed by atoms with Crippen LogP contribution in [0.1, 0.15) is 21.7 Å². The van der Waals surface area contributed by atoms with Crippen molar-refractivity contribution in [1.82, 2.24) is 9.97 Å². The standard InChI is InChI=1S/C19H17N3O3/c1-11-12(2)21-16-8-13(4-6-15(16)20-11)19(23)22(3)14-5-7-17-18(9-14)25-10-24-17/h4-9H,10H2,1-3H3. The fourth-order valence-corrected chi connectivity index (χ4v) is 2.77. The fourth-order valence-electron chi connectivity index (χ4n) is 2.77. The maximum atomic E-state index is 12.8. The Bertz CT molecular complexity index is 1000. The average Bonchev–Trinajstić information content (AvgIpc) is 3.08. The third kappa shape index (κ3) is 2.65. The molecule has 0 saturated carbocycles. The van der Waals surface area contributed by atoms with E-state index in [4.69, 9.17) is 9.47 Å². The Balaban J connectivity index is 1.68. The normalized spacial score (nSPS) is 12.4. The summed E-state index contributed by atoms with van der Waals surface area (Å²) >= 11 is 0. The van der Waals surface area contributed by atoms with Crippen LogP contribution < -0.4 is 14.4 Å². The zero-order valence-electron chi connectivity index (χ0n) is 14.2. The van der Waals surface area contributed by atoms with Crippen molar-refractivity contribution in [3.63, 3.8) is 0 Å². The van der Waals surface area contributed by atoms with Crippen LogP contribution in [0.25, 0.3) is 11.0 Å². The Morgan fingerprint density at radius 2 is 1.68 bits per heavy atom. The second kappa shape index (κ2) is 5.73. The lowest BCUT2D eigenvalue weighted by Crippen LogP contribution is -2.26. The number of rotatable bonds is 2. The molecule has 1 aromatic heterocycles. The van der Waals surface area contributed by atoms with Crippen molar-refractivity contribution in [3.05, 3.63) is 53.3 Å². The molecule has 0 aliphatic carbocycles. The molecule has 0 bridgehead atoms. The smallest absolute Gasteiger partial charge is 0.258 e. The number of carbonyl (C=O) groups is 1. The Hall–Kier alpha value is -3.15. The first-order chi connectivity index (χ1) is 12.0. The Morgan fingerprint density at radius 1 is 0.960 bits per heavy atom. The van der Waals surface area contributed by atoms with Crippen LogP contribution in [0.5, 0.6) is 11.5 Å². The van der Waals surface area contributed by atoms with E-state index in [9.17, 15) is 4.79 Å². The van der Waals surface area contributed by atoms with E-state index in [0.717, 1.165) is 22.6 Å². The molecule has 0 spiro atoms. The van der Waals surface area contributed by atoms with Crippen molar-refractivity contribution < 1.29 is 14.3 Å². The summed E-state index contributed by atoms with van der Waals surface area (Å²) in [7, 11) is 1.73. The number of amides is 1. The highest BCUT2D eigenvalue weighted by molar-refractivity contribution is 6.07. The van der Waals surface area contributed by atoms with Crippen molar-refractivity contribution in [2.24, 2.45) is 0 Å². The van der Waals surface area contributed by atoms with Crippen molar-refractivity contribution in [3.8, 4) is 11.5 Å². The minimum atomic E-state index is -0.124. The monoisotopic (exact) mass is 335 g/mol. The highest BCUT2D eigenvalue weighted by Gasteiger charge is 2.19. The van der Waals surface area contributed by atoms with Gasteiger partial charge in [0.15, 0.2) is 11.5 Å². The number of nitrogens with zero attached hydrogens (tertiary/aromatic N) is 3. The number of anilines is 1. The van der Waals surface area contributed by atoms with Gasteiger partial charge in [-0.3, -0.25) is 4.79 Å². The molecular weight excluding hydrogens is 318 g/mol. The number of ether oxygens (including phenoxy) is 2. The third-order valence-corrected chi connectivity index (χ3v) is 4.37. The van der Waals surface area contributed by atoms with Crippen LogP contribution in [0.3, 0.4) is 0 Å². The van der Waals surface area contributed by atoms with Crippen LogP contribution in [0.4, 0.5) is 5.69 Å². The molecule has 3 aromatic rings. The summed E-state index contributed by atoms with van der Waals surface area (Å²) < 4.78 is 10.7. The van der Waals surface area contributed by atoms with E-state index >= 15 is 0 Å². The second-order valence-electron chi connectivity index (χ2n) is 6.00. The molecule has 0 unspecified atom stereocenters. The van der Waals surface area contributed by atoms with Gasteiger partial charge in [-0.05, 0) is 44.2 Å². The molecule has 0 saturated heterocycles. The zero-order chi connectivity index (χ0) is 17.6. The fraction of sp³-hybridized carbons (Fsp3) is 0.211. The van der Waals surface area contributed by atoms with Crippen LogP contribution in [0.2, 0.25) is 0 Å². The van der Waals surface area contributed by atoms with Crippen molar-refractivity contribution >= 4 is 22.6 Å². The van der Waals surface area contributed by atoms with E-state index in [-0.39, 0.29) is 12.7 Å². The van der Waals surface area contributed by atoms with Gasteiger partial charge in [-0.15, -0.1) is 0 Å². The Morgan fingerprint density at radius 3 is 2.48 bits per heavy atom. The first kappa shape index (κ1) is 15.4. The van der Waals surface area contributed by atoms with E-state index < -0.39 is 0 Å². The molecule has 1 aliphatic rings. The van der Waals surface area contributed by atoms with Crippen molar-refractivity contribution in [2.45, 2.75) is 13.8 Å². The number of hydrogen-bond acceptors (Lipinski definition) is 5. The highest BCUT2D eigenvalue weighted by atomic mass is 16.7. The molecule has 25 heavy (non-hydrogen) atoms. The Kier molecular flexibility index (Phi) is 3.53. The zero-order valence-corrected chi connectivity index (χ0v) is 14.2. The first-order valence-corrected chi connectivity index (χ1v) is 7.95. The summed E-state index contributed by atoms with van der Waals surface area (Å²) in [5.41, 5.74) is 4.55. The SMILES string of the molecule is Cc1nc2ccc(C(=O)N(C)c3ccc4c(c3)OCO4)cc2nc1C. The number of aryl methyl sites for hydroxylation is 2. The largest absolute Gasteiger partial charge is 0.454 e. The van der Waals surface area contributed by atoms with Gasteiger partial charge in [-0.1, -0.05) is 0 Å². The van der Waals surface area contributed by atoms with Gasteiger partial charge in [0.05, 0.1) is 22.4 Å². The minimum absolute atomic E-state index is 0.124. The van der Waals surface area contributed by atoms with Gasteiger partial charge in [0, 0.05) is 24.4 Å². The van der Waals surface area contributed by atoms with Crippen LogP contribution in [0, 0.1) is 13.8 Å². The summed E-state index contributed by atoms with van der Waals surface area (Å²) in [5.74, 6) is 1.21. The van der Waals surface area contributed by atoms with Gasteiger partial charge in [0.2, 0.25) is 6.79 Å². The van der Waals surface area contributed by atoms with Gasteiger partial charge in [-0.25, -0.2) is 9.97 Å². The molecule has 126 valence electrons. The Labute approximate surface area is 145 Å². The summed E-state index contributed by atoms with van der Waals surface area (Å²) in [6, 6.07) is 10.8. The van der Waals surface area contributed by atoms with E-state index in [1.165, 1.54) is 0 Å². The molecule has 0 radical (unpaired) electrons. The summed E-state index contributed by atoms with van der Waals surface area (Å²) in [6.07, 6.45) is 0. The van der Waals surface area contributed by atoms with E-state index in [0.29, 0.717) is 22.6 Å². The quantitative estimate of drug-likeness (QED) is 0.719. The molecule has 2 heterocycles. The average molecular weight is 335 g/mol. The lowest BCUT2D eigenvalue weighted by Gasteiger charge is -2.18. The number of fused-ring (bicyclic) bond motifs is 2. The van der Waals surface area contributed by atoms with Crippen LogP contribution in [0.15, 0.2) is 36.4 Å². The van der Waals surface area contributed by atoms with Gasteiger partial charge in [0.25, 0.3) is 5.91 Å². The third-order valence-electron chi connectivity index (χ3n) is 4.37. The van der Waals surface area contributed by atoms with Crippen molar-refractivity contribution in [1.29, 1.82) is 0 Å². The predicted octanol–water partition coefficient (Wildman–Crippen LogP) is 3.25. The first-order valence-electron chi connectivity index (χ1n) is 7.95. The number of carbonyl (C=O) groups excluding carboxylic acids is 1. The van der Waals surface area contributed by atoms with Gasteiger partial charge >= 0.3 is 0 Å². The molecule has 0 atom stereocenters. The number of benzene rings is 2. The van der Waals surface area contributed by atoms with Gasteiger partial charge in [0.1, 0.15) is 0 Å². The lowest BCUT2D eigenvalue weighted by atomic mass is 10.1. The summed E-state index contributed by atoms with van der Waals surface area (Å²) in [6.45, 7) is 4.04. The van der Waals surface area contributed by atoms with Gasteiger partial charge < -0.3 is 14.4 Å².